The molecule has 1 unspecified atom stereocenters. The summed E-state index contributed by atoms with van der Waals surface area (Å²) >= 11 is 0. The maximum Gasteiger partial charge on any atom is 0.128 e. The normalized spacial score (nSPS) is 25.6. The molecule has 1 aromatic carbocycles. The Balaban J connectivity index is 2.34. The summed E-state index contributed by atoms with van der Waals surface area (Å²) in [4.78, 5) is 0. The highest BCUT2D eigenvalue weighted by molar-refractivity contribution is 5.27. The molecular formula is C13H18FNO. The third kappa shape index (κ3) is 2.11. The Morgan fingerprint density at radius 2 is 2.19 bits per heavy atom. The molecule has 0 aromatic heterocycles. The zero-order chi connectivity index (χ0) is 11.4. The molecule has 0 amide bonds. The van der Waals surface area contributed by atoms with Crippen LogP contribution in [0, 0.1) is 5.82 Å². The van der Waals surface area contributed by atoms with Gasteiger partial charge in [-0.1, -0.05) is 18.2 Å². The van der Waals surface area contributed by atoms with E-state index in [9.17, 15) is 4.39 Å². The van der Waals surface area contributed by atoms with Crippen molar-refractivity contribution in [3.63, 3.8) is 0 Å². The molecule has 1 aliphatic rings. The van der Waals surface area contributed by atoms with Crippen molar-refractivity contribution >= 4 is 0 Å². The Kier molecular flexibility index (Phi) is 3.56. The van der Waals surface area contributed by atoms with Gasteiger partial charge in [-0.25, -0.2) is 4.39 Å². The molecule has 1 N–H and O–H groups in total. The van der Waals surface area contributed by atoms with E-state index in [0.717, 1.165) is 31.4 Å². The van der Waals surface area contributed by atoms with Crippen LogP contribution in [0.2, 0.25) is 0 Å². The molecule has 88 valence electrons. The minimum absolute atomic E-state index is 0.144. The Labute approximate surface area is 95.8 Å². The summed E-state index contributed by atoms with van der Waals surface area (Å²) in [5, 5.41) is 3.43. The van der Waals surface area contributed by atoms with Crippen LogP contribution in [0.15, 0.2) is 24.3 Å². The van der Waals surface area contributed by atoms with Gasteiger partial charge in [0, 0.05) is 12.7 Å². The minimum atomic E-state index is -0.335. The van der Waals surface area contributed by atoms with Crippen molar-refractivity contribution in [1.82, 2.24) is 5.32 Å². The molecule has 1 saturated heterocycles. The molecule has 2 nitrogen and oxygen atoms in total. The van der Waals surface area contributed by atoms with Gasteiger partial charge in [-0.3, -0.25) is 0 Å². The monoisotopic (exact) mass is 223 g/mol. The molecule has 0 spiro atoms. The second kappa shape index (κ2) is 4.93. The second-order valence-corrected chi connectivity index (χ2v) is 4.38. The average molecular weight is 223 g/mol. The first-order chi connectivity index (χ1) is 7.78. The quantitative estimate of drug-likeness (QED) is 0.849. The molecule has 0 saturated carbocycles. The summed E-state index contributed by atoms with van der Waals surface area (Å²) in [5.74, 6) is -0.144. The fraction of sp³-hybridized carbons (Fsp3) is 0.538. The van der Waals surface area contributed by atoms with Gasteiger partial charge in [-0.2, -0.15) is 0 Å². The first-order valence-corrected chi connectivity index (χ1v) is 5.77. The molecule has 1 atom stereocenters. The zero-order valence-electron chi connectivity index (χ0n) is 9.63. The van der Waals surface area contributed by atoms with Gasteiger partial charge in [-0.05, 0) is 31.9 Å². The fourth-order valence-electron chi connectivity index (χ4n) is 2.49. The van der Waals surface area contributed by atoms with Crippen molar-refractivity contribution in [3.8, 4) is 0 Å². The van der Waals surface area contributed by atoms with Gasteiger partial charge in [-0.15, -0.1) is 0 Å². The zero-order valence-corrected chi connectivity index (χ0v) is 9.63. The number of benzene rings is 1. The van der Waals surface area contributed by atoms with Crippen molar-refractivity contribution in [3.05, 3.63) is 35.6 Å². The van der Waals surface area contributed by atoms with Crippen LogP contribution in [-0.4, -0.2) is 20.3 Å². The maximum atomic E-state index is 13.8. The van der Waals surface area contributed by atoms with Crippen molar-refractivity contribution in [1.29, 1.82) is 0 Å². The van der Waals surface area contributed by atoms with Crippen molar-refractivity contribution in [2.75, 3.05) is 20.3 Å². The predicted octanol–water partition coefficient (Wildman–Crippen LogP) is 2.44. The van der Waals surface area contributed by atoms with Crippen LogP contribution < -0.4 is 5.32 Å². The molecule has 1 fully saturated rings. The Hall–Kier alpha value is -0.930. The minimum Gasteiger partial charge on any atom is -0.382 e. The number of rotatable bonds is 3. The van der Waals surface area contributed by atoms with Gasteiger partial charge in [0.25, 0.3) is 0 Å². The van der Waals surface area contributed by atoms with Gasteiger partial charge in [0.2, 0.25) is 0 Å². The average Bonchev–Trinajstić information content (AvgIpc) is 2.31. The van der Waals surface area contributed by atoms with E-state index in [2.05, 4.69) is 5.32 Å². The summed E-state index contributed by atoms with van der Waals surface area (Å²) in [6.45, 7) is 1.45. The fourth-order valence-corrected chi connectivity index (χ4v) is 2.49. The van der Waals surface area contributed by atoms with Crippen LogP contribution >= 0.6 is 0 Å². The van der Waals surface area contributed by atoms with E-state index in [0.29, 0.717) is 6.61 Å². The van der Waals surface area contributed by atoms with E-state index in [1.165, 1.54) is 6.07 Å². The number of hydrogen-bond donors (Lipinski definition) is 1. The van der Waals surface area contributed by atoms with Gasteiger partial charge in [0.1, 0.15) is 5.82 Å². The van der Waals surface area contributed by atoms with Crippen molar-refractivity contribution in [2.45, 2.75) is 24.8 Å². The van der Waals surface area contributed by atoms with E-state index in [1.54, 1.807) is 13.2 Å². The van der Waals surface area contributed by atoms with Crippen molar-refractivity contribution in [2.24, 2.45) is 0 Å². The van der Waals surface area contributed by atoms with Crippen molar-refractivity contribution < 1.29 is 9.13 Å². The van der Waals surface area contributed by atoms with E-state index >= 15 is 0 Å². The van der Waals surface area contributed by atoms with E-state index in [1.807, 2.05) is 12.1 Å². The Morgan fingerprint density at radius 3 is 2.81 bits per heavy atom. The predicted molar refractivity (Wildman–Crippen MR) is 61.8 cm³/mol. The molecule has 2 rings (SSSR count). The lowest BCUT2D eigenvalue weighted by atomic mass is 9.82. The summed E-state index contributed by atoms with van der Waals surface area (Å²) in [6, 6.07) is 6.98. The first kappa shape index (κ1) is 11.6. The molecule has 0 bridgehead atoms. The van der Waals surface area contributed by atoms with Crippen LogP contribution in [0.5, 0.6) is 0 Å². The summed E-state index contributed by atoms with van der Waals surface area (Å²) < 4.78 is 19.1. The summed E-state index contributed by atoms with van der Waals surface area (Å²) in [6.07, 6.45) is 3.20. The van der Waals surface area contributed by atoms with Crippen LogP contribution in [0.1, 0.15) is 24.8 Å². The van der Waals surface area contributed by atoms with Crippen LogP contribution in [-0.2, 0) is 10.3 Å². The number of ether oxygens (including phenoxy) is 1. The first-order valence-electron chi connectivity index (χ1n) is 5.77. The number of piperidine rings is 1. The summed E-state index contributed by atoms with van der Waals surface area (Å²) in [5.41, 5.74) is 0.398. The smallest absolute Gasteiger partial charge is 0.128 e. The van der Waals surface area contributed by atoms with Gasteiger partial charge < -0.3 is 10.1 Å². The molecule has 1 aromatic rings. The molecular weight excluding hydrogens is 205 g/mol. The number of hydrogen-bond acceptors (Lipinski definition) is 2. The third-order valence-corrected chi connectivity index (χ3v) is 3.27. The molecule has 0 aliphatic carbocycles. The second-order valence-electron chi connectivity index (χ2n) is 4.38. The summed E-state index contributed by atoms with van der Waals surface area (Å²) in [7, 11) is 1.67. The number of halogens is 1. The maximum absolute atomic E-state index is 13.8. The largest absolute Gasteiger partial charge is 0.382 e. The highest BCUT2D eigenvalue weighted by Gasteiger charge is 2.35. The van der Waals surface area contributed by atoms with Crippen LogP contribution in [0.3, 0.4) is 0 Å². The Morgan fingerprint density at radius 1 is 1.38 bits per heavy atom. The molecule has 3 heteroatoms. The van der Waals surface area contributed by atoms with Gasteiger partial charge in [0.05, 0.1) is 12.1 Å². The van der Waals surface area contributed by atoms with Crippen LogP contribution in [0.25, 0.3) is 0 Å². The van der Waals surface area contributed by atoms with E-state index in [4.69, 9.17) is 4.74 Å². The molecule has 16 heavy (non-hydrogen) atoms. The highest BCUT2D eigenvalue weighted by Crippen LogP contribution is 2.32. The lowest BCUT2D eigenvalue weighted by Crippen LogP contribution is -2.49. The standard InChI is InChI=1S/C13H18FNO/c1-16-10-13(8-4-5-9-15-13)11-6-2-3-7-12(11)14/h2-3,6-7,15H,4-5,8-10H2,1H3. The lowest BCUT2D eigenvalue weighted by Gasteiger charge is -2.38. The third-order valence-electron chi connectivity index (χ3n) is 3.27. The topological polar surface area (TPSA) is 21.3 Å². The SMILES string of the molecule is COCC1(c2ccccc2F)CCCCN1. The number of methoxy groups -OCH3 is 1. The molecule has 1 heterocycles. The van der Waals surface area contributed by atoms with E-state index in [-0.39, 0.29) is 11.4 Å². The Bertz CT molecular complexity index is 342. The number of nitrogens with one attached hydrogen (secondary N) is 1. The van der Waals surface area contributed by atoms with Gasteiger partial charge >= 0.3 is 0 Å². The van der Waals surface area contributed by atoms with Crippen LogP contribution in [0.4, 0.5) is 4.39 Å². The van der Waals surface area contributed by atoms with Gasteiger partial charge in [0.15, 0.2) is 0 Å². The lowest BCUT2D eigenvalue weighted by molar-refractivity contribution is 0.0859. The highest BCUT2D eigenvalue weighted by atomic mass is 19.1. The van der Waals surface area contributed by atoms with E-state index < -0.39 is 0 Å². The molecule has 1 aliphatic heterocycles. The molecule has 0 radical (unpaired) electrons.